The van der Waals surface area contributed by atoms with Crippen LogP contribution in [0.4, 0.5) is 0 Å². The predicted octanol–water partition coefficient (Wildman–Crippen LogP) is 3.89. The first-order valence-electron chi connectivity index (χ1n) is 14.3. The molecule has 0 radical (unpaired) electrons. The monoisotopic (exact) mass is 527 g/mol. The van der Waals surface area contributed by atoms with Crippen LogP contribution in [0.25, 0.3) is 0 Å². The molecule has 0 spiro atoms. The summed E-state index contributed by atoms with van der Waals surface area (Å²) in [6.07, 6.45) is 7.52. The van der Waals surface area contributed by atoms with E-state index in [1.165, 1.54) is 0 Å². The number of hydrogen-bond acceptors (Lipinski definition) is 5. The Hall–Kier alpha value is -0.700. The minimum atomic E-state index is -4.08. The van der Waals surface area contributed by atoms with Crippen molar-refractivity contribution in [2.75, 3.05) is 12.3 Å². The van der Waals surface area contributed by atoms with Gasteiger partial charge in [-0.25, -0.2) is 0 Å². The molecule has 1 amide bonds. The summed E-state index contributed by atoms with van der Waals surface area (Å²) in [5.41, 5.74) is 0.349. The summed E-state index contributed by atoms with van der Waals surface area (Å²) in [4.78, 5) is 12.6. The van der Waals surface area contributed by atoms with Gasteiger partial charge in [0.1, 0.15) is 0 Å². The molecular weight excluding hydrogens is 478 g/mol. The van der Waals surface area contributed by atoms with Crippen molar-refractivity contribution in [3.05, 3.63) is 0 Å². The van der Waals surface area contributed by atoms with E-state index in [1.54, 1.807) is 0 Å². The van der Waals surface area contributed by atoms with Gasteiger partial charge >= 0.3 is 0 Å². The zero-order chi connectivity index (χ0) is 26.6. The molecule has 4 saturated carbocycles. The Balaban J connectivity index is 1.45. The molecule has 7 nitrogen and oxygen atoms in total. The summed E-state index contributed by atoms with van der Waals surface area (Å²) < 4.78 is 30.8. The van der Waals surface area contributed by atoms with Gasteiger partial charge in [-0.15, -0.1) is 0 Å². The van der Waals surface area contributed by atoms with Crippen LogP contribution in [-0.4, -0.2) is 53.6 Å². The number of amides is 1. The fourth-order valence-electron chi connectivity index (χ4n) is 9.93. The van der Waals surface area contributed by atoms with E-state index in [2.05, 4.69) is 33.0 Å². The highest BCUT2D eigenvalue weighted by Crippen LogP contribution is 2.69. The van der Waals surface area contributed by atoms with E-state index < -0.39 is 15.9 Å². The number of rotatable bonds is 7. The molecule has 208 valence electrons. The van der Waals surface area contributed by atoms with Crippen molar-refractivity contribution in [2.24, 2.45) is 58.2 Å². The predicted molar refractivity (Wildman–Crippen MR) is 140 cm³/mol. The maximum atomic E-state index is 12.6. The normalized spacial score (nSPS) is 46.2. The van der Waals surface area contributed by atoms with Crippen LogP contribution < -0.4 is 5.32 Å². The Labute approximate surface area is 217 Å². The molecule has 0 aromatic carbocycles. The van der Waals surface area contributed by atoms with Gasteiger partial charge in [-0.1, -0.05) is 34.6 Å². The summed E-state index contributed by atoms with van der Waals surface area (Å²) in [7, 11) is -4.08. The van der Waals surface area contributed by atoms with Gasteiger partial charge in [-0.05, 0) is 104 Å². The van der Waals surface area contributed by atoms with Gasteiger partial charge in [-0.3, -0.25) is 9.35 Å². The summed E-state index contributed by atoms with van der Waals surface area (Å²) in [6, 6.07) is 0. The molecule has 0 aromatic heterocycles. The fourth-order valence-corrected chi connectivity index (χ4v) is 10.3. The summed E-state index contributed by atoms with van der Waals surface area (Å²) in [5.74, 6) is 1.90. The SMILES string of the molecule is CC(C[C@@H](C)[C@H]1CCC2C3C(CC[C@@]21C)[C@@]1(C)CC[C@@H](O)CC1[C@@H](C)[C@@H]3O)C(=O)NCCS(=O)(=O)O. The number of hydrogen-bond donors (Lipinski definition) is 4. The molecule has 0 saturated heterocycles. The molecule has 4 N–H and O–H groups in total. The van der Waals surface area contributed by atoms with Gasteiger partial charge in [0.2, 0.25) is 5.91 Å². The van der Waals surface area contributed by atoms with Gasteiger partial charge in [-0.2, -0.15) is 8.42 Å². The third-order valence-electron chi connectivity index (χ3n) is 11.7. The van der Waals surface area contributed by atoms with Crippen molar-refractivity contribution in [3.8, 4) is 0 Å². The minimum absolute atomic E-state index is 0.0739. The van der Waals surface area contributed by atoms with Crippen molar-refractivity contribution < 1.29 is 28.0 Å². The Morgan fingerprint density at radius 2 is 1.64 bits per heavy atom. The van der Waals surface area contributed by atoms with Crippen LogP contribution in [-0.2, 0) is 14.9 Å². The molecule has 12 atom stereocenters. The number of aliphatic hydroxyl groups is 2. The highest BCUT2D eigenvalue weighted by Gasteiger charge is 2.64. The molecule has 36 heavy (non-hydrogen) atoms. The lowest BCUT2D eigenvalue weighted by molar-refractivity contribution is -0.199. The van der Waals surface area contributed by atoms with Crippen molar-refractivity contribution in [1.29, 1.82) is 0 Å². The van der Waals surface area contributed by atoms with E-state index in [0.29, 0.717) is 35.5 Å². The molecule has 0 aromatic rings. The molecule has 5 unspecified atom stereocenters. The van der Waals surface area contributed by atoms with Gasteiger partial charge in [0.25, 0.3) is 10.1 Å². The molecule has 4 rings (SSSR count). The number of carbonyl (C=O) groups is 1. The lowest BCUT2D eigenvalue weighted by Gasteiger charge is -2.64. The maximum Gasteiger partial charge on any atom is 0.266 e. The van der Waals surface area contributed by atoms with Crippen LogP contribution >= 0.6 is 0 Å². The molecule has 4 fully saturated rings. The van der Waals surface area contributed by atoms with Crippen molar-refractivity contribution in [3.63, 3.8) is 0 Å². The fraction of sp³-hybridized carbons (Fsp3) is 0.964. The largest absolute Gasteiger partial charge is 0.393 e. The molecular formula is C28H49NO6S. The van der Waals surface area contributed by atoms with Gasteiger partial charge in [0.15, 0.2) is 0 Å². The Morgan fingerprint density at radius 1 is 1.00 bits per heavy atom. The number of nitrogens with one attached hydrogen (secondary N) is 1. The van der Waals surface area contributed by atoms with Gasteiger partial charge in [0, 0.05) is 12.5 Å². The Morgan fingerprint density at radius 3 is 2.31 bits per heavy atom. The topological polar surface area (TPSA) is 124 Å². The van der Waals surface area contributed by atoms with Crippen molar-refractivity contribution in [1.82, 2.24) is 5.32 Å². The molecule has 0 bridgehead atoms. The Kier molecular flexibility index (Phi) is 7.96. The summed E-state index contributed by atoms with van der Waals surface area (Å²) in [6.45, 7) is 11.2. The third-order valence-corrected chi connectivity index (χ3v) is 12.4. The van der Waals surface area contributed by atoms with E-state index in [0.717, 1.165) is 51.4 Å². The van der Waals surface area contributed by atoms with Crippen molar-refractivity contribution in [2.45, 2.75) is 98.2 Å². The zero-order valence-corrected chi connectivity index (χ0v) is 23.6. The quantitative estimate of drug-likeness (QED) is 0.373. The van der Waals surface area contributed by atoms with Gasteiger partial charge in [0.05, 0.1) is 18.0 Å². The van der Waals surface area contributed by atoms with Crippen LogP contribution in [0.15, 0.2) is 0 Å². The molecule has 0 heterocycles. The second-order valence-electron chi connectivity index (χ2n) is 13.6. The molecule has 0 aliphatic heterocycles. The van der Waals surface area contributed by atoms with Crippen LogP contribution in [0.5, 0.6) is 0 Å². The number of aliphatic hydroxyl groups excluding tert-OH is 2. The first-order chi connectivity index (χ1) is 16.7. The summed E-state index contributed by atoms with van der Waals surface area (Å²) in [5, 5.41) is 24.7. The highest BCUT2D eigenvalue weighted by atomic mass is 32.2. The zero-order valence-electron chi connectivity index (χ0n) is 22.8. The number of fused-ring (bicyclic) bond motifs is 5. The van der Waals surface area contributed by atoms with E-state index in [9.17, 15) is 23.4 Å². The third kappa shape index (κ3) is 5.01. The molecule has 8 heteroatoms. The number of carbonyl (C=O) groups excluding carboxylic acids is 1. The smallest absolute Gasteiger partial charge is 0.266 e. The molecule has 4 aliphatic rings. The average Bonchev–Trinajstić information content (AvgIpc) is 3.14. The lowest BCUT2D eigenvalue weighted by atomic mass is 9.42. The van der Waals surface area contributed by atoms with E-state index in [4.69, 9.17) is 4.55 Å². The van der Waals surface area contributed by atoms with Crippen molar-refractivity contribution >= 4 is 16.0 Å². The first kappa shape index (κ1) is 28.3. The highest BCUT2D eigenvalue weighted by molar-refractivity contribution is 7.85. The molecule has 4 aliphatic carbocycles. The van der Waals surface area contributed by atoms with E-state index >= 15 is 0 Å². The van der Waals surface area contributed by atoms with E-state index in [1.807, 2.05) is 6.92 Å². The van der Waals surface area contributed by atoms with Crippen LogP contribution in [0.3, 0.4) is 0 Å². The minimum Gasteiger partial charge on any atom is -0.393 e. The van der Waals surface area contributed by atoms with E-state index in [-0.39, 0.29) is 47.3 Å². The van der Waals surface area contributed by atoms with Crippen LogP contribution in [0.1, 0.15) is 86.0 Å². The standard InChI is InChI=1S/C28H49NO6S/c1-16(14-17(2)26(32)29-12-13-36(33,34)35)20-6-7-21-24-22(9-11-27(20,21)4)28(5)10-8-19(30)15-23(28)18(3)25(24)31/h16-25,30-31H,6-15H2,1-5H3,(H,29,32)(H,33,34,35)/t16-,17?,18-,19-,20-,21?,22?,23?,24?,25+,27-,28-/m1/s1. The Bertz CT molecular complexity index is 925. The summed E-state index contributed by atoms with van der Waals surface area (Å²) >= 11 is 0. The first-order valence-corrected chi connectivity index (χ1v) is 15.9. The van der Waals surface area contributed by atoms with Crippen LogP contribution in [0.2, 0.25) is 0 Å². The second-order valence-corrected chi connectivity index (χ2v) is 15.2. The average molecular weight is 528 g/mol. The van der Waals surface area contributed by atoms with Crippen LogP contribution in [0, 0.1) is 58.2 Å². The maximum absolute atomic E-state index is 12.6. The second kappa shape index (κ2) is 10.1. The lowest BCUT2D eigenvalue weighted by Crippen LogP contribution is -2.61. The van der Waals surface area contributed by atoms with Gasteiger partial charge < -0.3 is 15.5 Å².